The quantitative estimate of drug-likeness (QED) is 0.230. The van der Waals surface area contributed by atoms with Gasteiger partial charge in [-0.15, -0.1) is 0 Å². The van der Waals surface area contributed by atoms with Crippen LogP contribution in [-0.2, 0) is 5.41 Å². The molecule has 2 saturated heterocycles. The van der Waals surface area contributed by atoms with Gasteiger partial charge in [-0.05, 0) is 75.0 Å². The molecule has 4 aromatic rings. The second kappa shape index (κ2) is 11.8. The molecule has 0 unspecified atom stereocenters. The maximum Gasteiger partial charge on any atom is 0.324 e. The fraction of sp³-hybridized carbons (Fsp3) is 0.469. The largest absolute Gasteiger partial charge is 0.492 e. The van der Waals surface area contributed by atoms with Gasteiger partial charge in [0.15, 0.2) is 5.82 Å². The van der Waals surface area contributed by atoms with Gasteiger partial charge >= 0.3 is 6.03 Å². The number of ether oxygens (including phenoxy) is 1. The first-order chi connectivity index (χ1) is 20.2. The number of pyridine rings is 1. The lowest BCUT2D eigenvalue weighted by Crippen LogP contribution is -2.41. The van der Waals surface area contributed by atoms with Crippen LogP contribution in [0.2, 0.25) is 0 Å². The number of amides is 2. The Labute approximate surface area is 246 Å². The van der Waals surface area contributed by atoms with Crippen molar-refractivity contribution in [1.29, 1.82) is 0 Å². The number of nitrogens with one attached hydrogen (secondary N) is 3. The third kappa shape index (κ3) is 6.60. The van der Waals surface area contributed by atoms with Crippen molar-refractivity contribution in [3.8, 4) is 17.0 Å². The first kappa shape index (κ1) is 28.2. The molecule has 0 saturated carbocycles. The van der Waals surface area contributed by atoms with Gasteiger partial charge in [0.25, 0.3) is 0 Å². The van der Waals surface area contributed by atoms with Crippen LogP contribution in [0, 0.1) is 5.41 Å². The summed E-state index contributed by atoms with van der Waals surface area (Å²) in [7, 11) is 0. The summed E-state index contributed by atoms with van der Waals surface area (Å²) in [5, 5.41) is 13.0. The number of benzene rings is 1. The molecule has 0 aliphatic carbocycles. The second-order valence-corrected chi connectivity index (χ2v) is 12.7. The van der Waals surface area contributed by atoms with Crippen LogP contribution in [0.25, 0.3) is 16.9 Å². The number of rotatable bonds is 8. The fourth-order valence-electron chi connectivity index (χ4n) is 5.84. The van der Waals surface area contributed by atoms with Gasteiger partial charge in [0.05, 0.1) is 18.5 Å². The molecule has 2 aliphatic rings. The van der Waals surface area contributed by atoms with E-state index in [0.717, 1.165) is 35.6 Å². The topological polar surface area (TPSA) is 109 Å². The molecule has 10 nitrogen and oxygen atoms in total. The van der Waals surface area contributed by atoms with Crippen LogP contribution >= 0.6 is 0 Å². The number of piperidine rings is 1. The number of carbonyl (C=O) groups is 1. The third-order valence-corrected chi connectivity index (χ3v) is 8.49. The van der Waals surface area contributed by atoms with Crippen molar-refractivity contribution in [2.45, 2.75) is 51.9 Å². The molecule has 42 heavy (non-hydrogen) atoms. The molecule has 0 radical (unpaired) electrons. The standard InChI is InChI=1S/C32H41N7O3/c1-31(2,3)27-19-28(37-42-27)36-30(40)34-24-7-5-23(6-8-24)26-21-39-20-25(9-10-29(39)35-26)41-18-4-15-38-16-12-32(13-17-38)11-14-33-22-32/h5-10,19-21,33H,4,11-18,22H2,1-3H3,(H2,34,36,37,40). The molecular formula is C32H41N7O3. The molecule has 0 bridgehead atoms. The molecule has 10 heteroatoms. The highest BCUT2D eigenvalue weighted by atomic mass is 16.5. The Bertz CT molecular complexity index is 1500. The van der Waals surface area contributed by atoms with E-state index in [9.17, 15) is 4.79 Å². The summed E-state index contributed by atoms with van der Waals surface area (Å²) in [5.41, 5.74) is 3.70. The molecule has 222 valence electrons. The summed E-state index contributed by atoms with van der Waals surface area (Å²) in [5.74, 6) is 1.92. The summed E-state index contributed by atoms with van der Waals surface area (Å²) in [6.07, 6.45) is 8.98. The van der Waals surface area contributed by atoms with Gasteiger partial charge in [0.2, 0.25) is 0 Å². The minimum absolute atomic E-state index is 0.185. The van der Waals surface area contributed by atoms with Crippen molar-refractivity contribution >= 4 is 23.2 Å². The Kier molecular flexibility index (Phi) is 7.92. The summed E-state index contributed by atoms with van der Waals surface area (Å²) >= 11 is 0. The summed E-state index contributed by atoms with van der Waals surface area (Å²) in [6.45, 7) is 12.7. The highest BCUT2D eigenvalue weighted by Gasteiger charge is 2.36. The molecule has 3 aromatic heterocycles. The number of aromatic nitrogens is 3. The van der Waals surface area contributed by atoms with Gasteiger partial charge in [0, 0.05) is 42.0 Å². The highest BCUT2D eigenvalue weighted by Crippen LogP contribution is 2.36. The van der Waals surface area contributed by atoms with Crippen molar-refractivity contribution in [3.05, 3.63) is 60.6 Å². The zero-order chi connectivity index (χ0) is 29.2. The SMILES string of the molecule is CC(C)(C)c1cc(NC(=O)Nc2ccc(-c3cn4cc(OCCCN5CCC6(CCNC6)CC5)ccc4n3)cc2)no1. The number of fused-ring (bicyclic) bond motifs is 1. The van der Waals surface area contributed by atoms with E-state index in [1.54, 1.807) is 6.07 Å². The third-order valence-electron chi connectivity index (χ3n) is 8.49. The van der Waals surface area contributed by atoms with Crippen LogP contribution in [0.1, 0.15) is 52.2 Å². The average molecular weight is 572 g/mol. The average Bonchev–Trinajstić information content (AvgIpc) is 3.72. The molecule has 2 amide bonds. The van der Waals surface area contributed by atoms with Crippen molar-refractivity contribution in [3.63, 3.8) is 0 Å². The Morgan fingerprint density at radius 1 is 1.07 bits per heavy atom. The molecule has 1 aromatic carbocycles. The summed E-state index contributed by atoms with van der Waals surface area (Å²) in [4.78, 5) is 19.8. The van der Waals surface area contributed by atoms with Crippen molar-refractivity contribution in [2.24, 2.45) is 5.41 Å². The molecular weight excluding hydrogens is 530 g/mol. The number of urea groups is 1. The molecule has 3 N–H and O–H groups in total. The van der Waals surface area contributed by atoms with Gasteiger partial charge in [-0.3, -0.25) is 5.32 Å². The molecule has 2 fully saturated rings. The van der Waals surface area contributed by atoms with E-state index in [-0.39, 0.29) is 11.4 Å². The van der Waals surface area contributed by atoms with Crippen LogP contribution in [0.15, 0.2) is 59.4 Å². The van der Waals surface area contributed by atoms with E-state index in [2.05, 4.69) is 26.0 Å². The predicted molar refractivity (Wildman–Crippen MR) is 164 cm³/mol. The van der Waals surface area contributed by atoms with Crippen LogP contribution in [0.3, 0.4) is 0 Å². The van der Waals surface area contributed by atoms with Crippen molar-refractivity contribution in [2.75, 3.05) is 50.0 Å². The minimum Gasteiger partial charge on any atom is -0.492 e. The van der Waals surface area contributed by atoms with Crippen molar-refractivity contribution in [1.82, 2.24) is 24.8 Å². The first-order valence-corrected chi connectivity index (χ1v) is 15.0. The van der Waals surface area contributed by atoms with Gasteiger partial charge in [-0.1, -0.05) is 38.1 Å². The lowest BCUT2D eigenvalue weighted by molar-refractivity contribution is 0.113. The number of anilines is 2. The lowest BCUT2D eigenvalue weighted by atomic mass is 9.78. The van der Waals surface area contributed by atoms with Crippen LogP contribution in [0.5, 0.6) is 5.75 Å². The molecule has 2 aliphatic heterocycles. The number of nitrogens with zero attached hydrogens (tertiary/aromatic N) is 4. The van der Waals surface area contributed by atoms with Crippen molar-refractivity contribution < 1.29 is 14.1 Å². The first-order valence-electron chi connectivity index (χ1n) is 15.0. The Morgan fingerprint density at radius 3 is 2.60 bits per heavy atom. The molecule has 1 spiro atoms. The summed E-state index contributed by atoms with van der Waals surface area (Å²) in [6, 6.07) is 12.9. The molecule has 6 rings (SSSR count). The maximum absolute atomic E-state index is 12.4. The zero-order valence-corrected chi connectivity index (χ0v) is 24.8. The van der Waals surface area contributed by atoms with E-state index < -0.39 is 0 Å². The van der Waals surface area contributed by atoms with Crippen LogP contribution in [-0.4, -0.2) is 64.8 Å². The predicted octanol–water partition coefficient (Wildman–Crippen LogP) is 5.78. The number of imidazole rings is 1. The number of hydrogen-bond donors (Lipinski definition) is 3. The summed E-state index contributed by atoms with van der Waals surface area (Å²) < 4.78 is 13.4. The maximum atomic E-state index is 12.4. The number of likely N-dealkylation sites (tertiary alicyclic amines) is 1. The second-order valence-electron chi connectivity index (χ2n) is 12.7. The van der Waals surface area contributed by atoms with Gasteiger partial charge in [-0.25, -0.2) is 9.78 Å². The van der Waals surface area contributed by atoms with Gasteiger partial charge in [0.1, 0.15) is 17.2 Å². The normalized spacial score (nSPS) is 17.1. The van der Waals surface area contributed by atoms with Gasteiger partial charge < -0.3 is 29.2 Å². The van der Waals surface area contributed by atoms with Crippen LogP contribution in [0.4, 0.5) is 16.3 Å². The molecule has 0 atom stereocenters. The Balaban J connectivity index is 0.982. The Hall–Kier alpha value is -3.89. The van der Waals surface area contributed by atoms with E-state index in [1.807, 2.05) is 74.0 Å². The van der Waals surface area contributed by atoms with E-state index in [4.69, 9.17) is 14.2 Å². The van der Waals surface area contributed by atoms with Gasteiger partial charge in [-0.2, -0.15) is 0 Å². The molecule has 5 heterocycles. The van der Waals surface area contributed by atoms with E-state index in [0.29, 0.717) is 29.3 Å². The number of hydrogen-bond acceptors (Lipinski definition) is 7. The minimum atomic E-state index is -0.386. The highest BCUT2D eigenvalue weighted by molar-refractivity contribution is 5.99. The number of carbonyl (C=O) groups excluding carboxylic acids is 1. The zero-order valence-electron chi connectivity index (χ0n) is 24.8. The smallest absolute Gasteiger partial charge is 0.324 e. The Morgan fingerprint density at radius 2 is 1.88 bits per heavy atom. The fourth-order valence-corrected chi connectivity index (χ4v) is 5.84. The van der Waals surface area contributed by atoms with Crippen LogP contribution < -0.4 is 20.7 Å². The van der Waals surface area contributed by atoms with E-state index >= 15 is 0 Å². The monoisotopic (exact) mass is 571 g/mol. The lowest BCUT2D eigenvalue weighted by Gasteiger charge is -2.38. The van der Waals surface area contributed by atoms with E-state index in [1.165, 1.54) is 45.4 Å².